The van der Waals surface area contributed by atoms with Crippen molar-refractivity contribution in [1.29, 1.82) is 5.26 Å². The van der Waals surface area contributed by atoms with Gasteiger partial charge in [0.1, 0.15) is 23.1 Å². The van der Waals surface area contributed by atoms with Gasteiger partial charge in [-0.2, -0.15) is 10.4 Å². The van der Waals surface area contributed by atoms with E-state index in [9.17, 15) is 9.18 Å². The first-order valence-electron chi connectivity index (χ1n) is 10.4. The Morgan fingerprint density at radius 2 is 2.13 bits per heavy atom. The van der Waals surface area contributed by atoms with Gasteiger partial charge < -0.3 is 10.3 Å². The second-order valence-corrected chi connectivity index (χ2v) is 8.06. The Morgan fingerprint density at radius 3 is 2.83 bits per heavy atom. The molecule has 30 heavy (non-hydrogen) atoms. The first kappa shape index (κ1) is 20.1. The van der Waals surface area contributed by atoms with Crippen LogP contribution >= 0.6 is 0 Å². The lowest BCUT2D eigenvalue weighted by molar-refractivity contribution is 0.0894. The molecule has 2 aromatic heterocycles. The highest BCUT2D eigenvalue weighted by atomic mass is 19.1. The number of benzene rings is 1. The number of carbonyl (C=O) groups excluding carboxylic acids is 1. The van der Waals surface area contributed by atoms with E-state index in [1.165, 1.54) is 6.07 Å². The van der Waals surface area contributed by atoms with Crippen molar-refractivity contribution in [3.8, 4) is 6.07 Å². The van der Waals surface area contributed by atoms with Gasteiger partial charge in [0.2, 0.25) is 0 Å². The maximum absolute atomic E-state index is 14.6. The zero-order valence-electron chi connectivity index (χ0n) is 17.2. The number of aryl methyl sites for hydroxylation is 1. The molecular weight excluding hydrogens is 383 g/mol. The summed E-state index contributed by atoms with van der Waals surface area (Å²) in [6.45, 7) is 4.76. The number of nitrogens with zero attached hydrogens (tertiary/aromatic N) is 4. The second-order valence-electron chi connectivity index (χ2n) is 8.06. The highest BCUT2D eigenvalue weighted by molar-refractivity contribution is 5.92. The zero-order valence-corrected chi connectivity index (χ0v) is 17.2. The van der Waals surface area contributed by atoms with Gasteiger partial charge in [-0.1, -0.05) is 19.8 Å². The number of imidazole rings is 1. The standard InChI is InChI=1S/C22H25FN6O/c1-3-29-17(10-11-25-29)22(30)28-19(14-6-4-13(2)5-7-14)21-26-16-9-8-15(12-24)18(23)20(16)27-21/h8-11,13-14,19H,3-7H2,1-2H3,(H,26,27)(H,28,30)/t13-,14-,19-/m0/s1. The van der Waals surface area contributed by atoms with E-state index in [1.807, 2.05) is 13.0 Å². The molecule has 1 saturated carbocycles. The molecule has 7 nitrogen and oxygen atoms in total. The van der Waals surface area contributed by atoms with Gasteiger partial charge in [-0.25, -0.2) is 9.37 Å². The van der Waals surface area contributed by atoms with Crippen LogP contribution in [-0.4, -0.2) is 25.7 Å². The molecule has 1 aliphatic carbocycles. The molecule has 1 atom stereocenters. The molecule has 2 heterocycles. The molecule has 0 unspecified atom stereocenters. The monoisotopic (exact) mass is 408 g/mol. The highest BCUT2D eigenvalue weighted by Crippen LogP contribution is 2.37. The molecule has 0 aliphatic heterocycles. The van der Waals surface area contributed by atoms with E-state index in [0.717, 1.165) is 25.7 Å². The van der Waals surface area contributed by atoms with Crippen molar-refractivity contribution in [2.45, 2.75) is 52.1 Å². The largest absolute Gasteiger partial charge is 0.340 e. The SMILES string of the molecule is CCn1nccc1C(=O)N[C@H](c1nc2c(F)c(C#N)ccc2[nH]1)[C@H]1CC[C@H](C)CC1. The Bertz CT molecular complexity index is 1100. The summed E-state index contributed by atoms with van der Waals surface area (Å²) in [5.41, 5.74) is 1.09. The number of carbonyl (C=O) groups is 1. The van der Waals surface area contributed by atoms with Crippen LogP contribution in [0.2, 0.25) is 0 Å². The van der Waals surface area contributed by atoms with Crippen LogP contribution in [-0.2, 0) is 6.54 Å². The van der Waals surface area contributed by atoms with E-state index in [4.69, 9.17) is 5.26 Å². The smallest absolute Gasteiger partial charge is 0.270 e. The number of nitriles is 1. The average Bonchev–Trinajstić information content (AvgIpc) is 3.40. The number of halogens is 1. The fraction of sp³-hybridized carbons (Fsp3) is 0.455. The Labute approximate surface area is 174 Å². The molecule has 1 fully saturated rings. The predicted molar refractivity (Wildman–Crippen MR) is 110 cm³/mol. The van der Waals surface area contributed by atoms with E-state index >= 15 is 0 Å². The summed E-state index contributed by atoms with van der Waals surface area (Å²) in [7, 11) is 0. The van der Waals surface area contributed by atoms with E-state index in [1.54, 1.807) is 23.0 Å². The van der Waals surface area contributed by atoms with Gasteiger partial charge in [0.15, 0.2) is 5.82 Å². The summed E-state index contributed by atoms with van der Waals surface area (Å²) >= 11 is 0. The predicted octanol–water partition coefficient (Wildman–Crippen LogP) is 4.09. The van der Waals surface area contributed by atoms with E-state index in [-0.39, 0.29) is 28.9 Å². The molecular formula is C22H25FN6O. The fourth-order valence-corrected chi connectivity index (χ4v) is 4.32. The number of nitrogens with one attached hydrogen (secondary N) is 2. The normalized spacial score (nSPS) is 20.1. The Kier molecular flexibility index (Phi) is 5.53. The lowest BCUT2D eigenvalue weighted by Gasteiger charge is -2.32. The zero-order chi connectivity index (χ0) is 21.3. The maximum Gasteiger partial charge on any atom is 0.270 e. The molecule has 3 aromatic rings. The molecule has 8 heteroatoms. The lowest BCUT2D eigenvalue weighted by atomic mass is 9.79. The van der Waals surface area contributed by atoms with Crippen molar-refractivity contribution in [2.24, 2.45) is 11.8 Å². The van der Waals surface area contributed by atoms with Crippen molar-refractivity contribution in [2.75, 3.05) is 0 Å². The van der Waals surface area contributed by atoms with Crippen molar-refractivity contribution in [3.63, 3.8) is 0 Å². The fourth-order valence-electron chi connectivity index (χ4n) is 4.32. The van der Waals surface area contributed by atoms with E-state index in [0.29, 0.717) is 29.5 Å². The van der Waals surface area contributed by atoms with Crippen LogP contribution < -0.4 is 5.32 Å². The van der Waals surface area contributed by atoms with Gasteiger partial charge in [0.05, 0.1) is 17.1 Å². The maximum atomic E-state index is 14.6. The molecule has 2 N–H and O–H groups in total. The third kappa shape index (κ3) is 3.67. The highest BCUT2D eigenvalue weighted by Gasteiger charge is 2.32. The van der Waals surface area contributed by atoms with Crippen LogP contribution in [0.15, 0.2) is 24.4 Å². The summed E-state index contributed by atoms with van der Waals surface area (Å²) in [5, 5.41) is 16.4. The van der Waals surface area contributed by atoms with Gasteiger partial charge in [-0.3, -0.25) is 9.48 Å². The summed E-state index contributed by atoms with van der Waals surface area (Å²) in [6.07, 6.45) is 5.69. The molecule has 4 rings (SSSR count). The summed E-state index contributed by atoms with van der Waals surface area (Å²) in [6, 6.07) is 6.26. The van der Waals surface area contributed by atoms with Gasteiger partial charge in [-0.05, 0) is 49.8 Å². The molecule has 1 aromatic carbocycles. The molecule has 1 aliphatic rings. The number of hydrogen-bond donors (Lipinski definition) is 2. The Morgan fingerprint density at radius 1 is 1.37 bits per heavy atom. The molecule has 0 radical (unpaired) electrons. The van der Waals surface area contributed by atoms with Crippen LogP contribution in [0.3, 0.4) is 0 Å². The average molecular weight is 408 g/mol. The molecule has 156 valence electrons. The first-order valence-corrected chi connectivity index (χ1v) is 10.4. The Balaban J connectivity index is 1.70. The molecule has 0 saturated heterocycles. The van der Waals surface area contributed by atoms with Crippen molar-refractivity contribution in [1.82, 2.24) is 25.1 Å². The summed E-state index contributed by atoms with van der Waals surface area (Å²) in [5.74, 6) is 0.516. The van der Waals surface area contributed by atoms with Crippen LogP contribution in [0.4, 0.5) is 4.39 Å². The number of aromatic amines is 1. The van der Waals surface area contributed by atoms with Gasteiger partial charge in [0.25, 0.3) is 5.91 Å². The van der Waals surface area contributed by atoms with E-state index in [2.05, 4.69) is 27.3 Å². The van der Waals surface area contributed by atoms with Crippen molar-refractivity contribution >= 4 is 16.9 Å². The van der Waals surface area contributed by atoms with Crippen LogP contribution in [0.5, 0.6) is 0 Å². The number of aromatic nitrogens is 4. The second kappa shape index (κ2) is 8.27. The minimum absolute atomic E-state index is 0.0422. The lowest BCUT2D eigenvalue weighted by Crippen LogP contribution is -2.36. The topological polar surface area (TPSA) is 99.4 Å². The third-order valence-electron chi connectivity index (χ3n) is 6.09. The minimum Gasteiger partial charge on any atom is -0.340 e. The van der Waals surface area contributed by atoms with Crippen LogP contribution in [0.1, 0.15) is 67.4 Å². The number of amides is 1. The molecule has 1 amide bonds. The number of rotatable bonds is 5. The Hall–Kier alpha value is -3.21. The van der Waals surface area contributed by atoms with Gasteiger partial charge in [0, 0.05) is 12.7 Å². The molecule has 0 bridgehead atoms. The van der Waals surface area contributed by atoms with Crippen LogP contribution in [0.25, 0.3) is 11.0 Å². The van der Waals surface area contributed by atoms with Gasteiger partial charge >= 0.3 is 0 Å². The van der Waals surface area contributed by atoms with E-state index < -0.39 is 5.82 Å². The molecule has 0 spiro atoms. The third-order valence-corrected chi connectivity index (χ3v) is 6.09. The van der Waals surface area contributed by atoms with Crippen LogP contribution in [0, 0.1) is 29.0 Å². The quantitative estimate of drug-likeness (QED) is 0.664. The number of hydrogen-bond acceptors (Lipinski definition) is 4. The van der Waals surface area contributed by atoms with Crippen molar-refractivity contribution in [3.05, 3.63) is 47.3 Å². The van der Waals surface area contributed by atoms with Crippen molar-refractivity contribution < 1.29 is 9.18 Å². The summed E-state index contributed by atoms with van der Waals surface area (Å²) < 4.78 is 16.3. The number of H-pyrrole nitrogens is 1. The summed E-state index contributed by atoms with van der Waals surface area (Å²) in [4.78, 5) is 20.7. The first-order chi connectivity index (χ1) is 14.5. The van der Waals surface area contributed by atoms with Gasteiger partial charge in [-0.15, -0.1) is 0 Å². The number of fused-ring (bicyclic) bond motifs is 1. The minimum atomic E-state index is -0.635.